The van der Waals surface area contributed by atoms with Crippen molar-refractivity contribution in [2.24, 2.45) is 0 Å². The maximum Gasteiger partial charge on any atom is 0.257 e. The smallest absolute Gasteiger partial charge is 0.257 e. The number of rotatable bonds is 7. The number of ether oxygens (including phenoxy) is 1. The molecule has 0 spiro atoms. The molecule has 176 valence electrons. The van der Waals surface area contributed by atoms with Crippen LogP contribution in [0.25, 0.3) is 0 Å². The molecular weight excluding hydrogens is 436 g/mol. The SMILES string of the molecule is CCCC(=O)N1CCN(c2ccc(NC(=S)NC(=O)c3cccc(OC(C)C)c3)cc2)CC1. The van der Waals surface area contributed by atoms with E-state index in [9.17, 15) is 9.59 Å². The minimum atomic E-state index is -0.297. The fraction of sp³-hybridized carbons (Fsp3) is 0.400. The first-order valence-electron chi connectivity index (χ1n) is 11.4. The van der Waals surface area contributed by atoms with Crippen molar-refractivity contribution in [2.45, 2.75) is 39.7 Å². The van der Waals surface area contributed by atoms with Gasteiger partial charge in [-0.25, -0.2) is 0 Å². The Balaban J connectivity index is 1.50. The predicted molar refractivity (Wildman–Crippen MR) is 136 cm³/mol. The number of hydrogen-bond acceptors (Lipinski definition) is 5. The molecule has 0 saturated carbocycles. The van der Waals surface area contributed by atoms with Gasteiger partial charge in [0, 0.05) is 49.5 Å². The van der Waals surface area contributed by atoms with E-state index in [1.165, 1.54) is 0 Å². The van der Waals surface area contributed by atoms with Gasteiger partial charge in [0.15, 0.2) is 5.11 Å². The van der Waals surface area contributed by atoms with Gasteiger partial charge >= 0.3 is 0 Å². The summed E-state index contributed by atoms with van der Waals surface area (Å²) in [6, 6.07) is 14.9. The summed E-state index contributed by atoms with van der Waals surface area (Å²) >= 11 is 5.31. The number of benzene rings is 2. The highest BCUT2D eigenvalue weighted by molar-refractivity contribution is 7.80. The van der Waals surface area contributed by atoms with E-state index in [-0.39, 0.29) is 23.0 Å². The van der Waals surface area contributed by atoms with E-state index in [2.05, 4.69) is 15.5 Å². The van der Waals surface area contributed by atoms with Crippen molar-refractivity contribution in [3.05, 3.63) is 54.1 Å². The maximum atomic E-state index is 12.5. The molecule has 1 heterocycles. The summed E-state index contributed by atoms with van der Waals surface area (Å²) in [5.41, 5.74) is 2.36. The van der Waals surface area contributed by atoms with Crippen LogP contribution in [0.2, 0.25) is 0 Å². The predicted octanol–water partition coefficient (Wildman–Crippen LogP) is 4.05. The second-order valence-corrected chi connectivity index (χ2v) is 8.68. The fourth-order valence-corrected chi connectivity index (χ4v) is 3.87. The molecule has 0 unspecified atom stereocenters. The molecule has 0 aromatic heterocycles. The fourth-order valence-electron chi connectivity index (χ4n) is 3.66. The van der Waals surface area contributed by atoms with Gasteiger partial charge in [0.1, 0.15) is 5.75 Å². The third-order valence-electron chi connectivity index (χ3n) is 5.28. The monoisotopic (exact) mass is 468 g/mol. The van der Waals surface area contributed by atoms with Gasteiger partial charge < -0.3 is 19.9 Å². The van der Waals surface area contributed by atoms with Crippen molar-refractivity contribution in [3.8, 4) is 5.75 Å². The van der Waals surface area contributed by atoms with E-state index in [1.807, 2.05) is 56.0 Å². The molecule has 0 aliphatic carbocycles. The molecule has 8 heteroatoms. The molecule has 0 atom stereocenters. The number of thiocarbonyl (C=S) groups is 1. The Hall–Kier alpha value is -3.13. The van der Waals surface area contributed by atoms with Crippen LogP contribution >= 0.6 is 12.2 Å². The minimum absolute atomic E-state index is 0.0291. The summed E-state index contributed by atoms with van der Waals surface area (Å²) in [5, 5.41) is 5.99. The van der Waals surface area contributed by atoms with E-state index in [0.717, 1.165) is 44.0 Å². The van der Waals surface area contributed by atoms with Crippen molar-refractivity contribution in [1.29, 1.82) is 0 Å². The van der Waals surface area contributed by atoms with Crippen LogP contribution in [0.15, 0.2) is 48.5 Å². The van der Waals surface area contributed by atoms with Crippen LogP contribution < -0.4 is 20.3 Å². The molecule has 33 heavy (non-hydrogen) atoms. The minimum Gasteiger partial charge on any atom is -0.491 e. The van der Waals surface area contributed by atoms with Gasteiger partial charge in [0.05, 0.1) is 6.10 Å². The Morgan fingerprint density at radius 1 is 1.06 bits per heavy atom. The number of carbonyl (C=O) groups is 2. The topological polar surface area (TPSA) is 73.9 Å². The summed E-state index contributed by atoms with van der Waals surface area (Å²) < 4.78 is 5.64. The Bertz CT molecular complexity index is 970. The first kappa shape index (κ1) is 24.5. The van der Waals surface area contributed by atoms with Gasteiger partial charge in [-0.15, -0.1) is 0 Å². The Morgan fingerprint density at radius 3 is 2.39 bits per heavy atom. The molecule has 1 aliphatic rings. The highest BCUT2D eigenvalue weighted by Crippen LogP contribution is 2.20. The van der Waals surface area contributed by atoms with Crippen LogP contribution in [0.4, 0.5) is 11.4 Å². The standard InChI is InChI=1S/C25H32N4O3S/c1-4-6-23(30)29-15-13-28(14-16-29)21-11-9-20(10-12-21)26-25(33)27-24(31)19-7-5-8-22(17-19)32-18(2)3/h5,7-12,17-18H,4,6,13-16H2,1-3H3,(H2,26,27,31,33). The zero-order valence-electron chi connectivity index (χ0n) is 19.5. The molecule has 3 rings (SSSR count). The van der Waals surface area contributed by atoms with Crippen molar-refractivity contribution >= 4 is 40.5 Å². The van der Waals surface area contributed by atoms with E-state index < -0.39 is 0 Å². The molecule has 2 aromatic rings. The van der Waals surface area contributed by atoms with Crippen molar-refractivity contribution < 1.29 is 14.3 Å². The number of nitrogens with zero attached hydrogens (tertiary/aromatic N) is 2. The van der Waals surface area contributed by atoms with Crippen molar-refractivity contribution in [1.82, 2.24) is 10.2 Å². The Morgan fingerprint density at radius 2 is 1.76 bits per heavy atom. The number of nitrogens with one attached hydrogen (secondary N) is 2. The molecule has 7 nitrogen and oxygen atoms in total. The zero-order chi connectivity index (χ0) is 23.8. The van der Waals surface area contributed by atoms with Gasteiger partial charge in [-0.2, -0.15) is 0 Å². The zero-order valence-corrected chi connectivity index (χ0v) is 20.3. The first-order chi connectivity index (χ1) is 15.9. The number of hydrogen-bond donors (Lipinski definition) is 2. The lowest BCUT2D eigenvalue weighted by Crippen LogP contribution is -2.48. The van der Waals surface area contributed by atoms with E-state index in [0.29, 0.717) is 17.7 Å². The van der Waals surface area contributed by atoms with Crippen LogP contribution in [-0.2, 0) is 4.79 Å². The number of anilines is 2. The quantitative estimate of drug-likeness (QED) is 0.598. The molecule has 2 amide bonds. The number of amides is 2. The van der Waals surface area contributed by atoms with Gasteiger partial charge in [-0.05, 0) is 75.0 Å². The molecule has 2 N–H and O–H groups in total. The van der Waals surface area contributed by atoms with Crippen LogP contribution in [0, 0.1) is 0 Å². The first-order valence-corrected chi connectivity index (χ1v) is 11.8. The molecule has 1 saturated heterocycles. The van der Waals surface area contributed by atoms with Crippen LogP contribution in [0.1, 0.15) is 44.0 Å². The third-order valence-corrected chi connectivity index (χ3v) is 5.49. The van der Waals surface area contributed by atoms with Crippen molar-refractivity contribution in [3.63, 3.8) is 0 Å². The summed E-state index contributed by atoms with van der Waals surface area (Å²) in [6.45, 7) is 9.03. The van der Waals surface area contributed by atoms with E-state index in [4.69, 9.17) is 17.0 Å². The highest BCUT2D eigenvalue weighted by atomic mass is 32.1. The normalized spacial score (nSPS) is 13.6. The summed E-state index contributed by atoms with van der Waals surface area (Å²) in [6.07, 6.45) is 1.53. The summed E-state index contributed by atoms with van der Waals surface area (Å²) in [5.74, 6) is 0.586. The molecule has 1 aliphatic heterocycles. The number of carbonyl (C=O) groups excluding carboxylic acids is 2. The largest absolute Gasteiger partial charge is 0.491 e. The summed E-state index contributed by atoms with van der Waals surface area (Å²) in [4.78, 5) is 28.8. The van der Waals surface area contributed by atoms with Crippen molar-refractivity contribution in [2.75, 3.05) is 36.4 Å². The lowest BCUT2D eigenvalue weighted by molar-refractivity contribution is -0.131. The van der Waals surface area contributed by atoms with Gasteiger partial charge in [-0.3, -0.25) is 14.9 Å². The average molecular weight is 469 g/mol. The van der Waals surface area contributed by atoms with Gasteiger partial charge in [0.2, 0.25) is 5.91 Å². The lowest BCUT2D eigenvalue weighted by atomic mass is 10.2. The molecular formula is C25H32N4O3S. The molecule has 0 bridgehead atoms. The van der Waals surface area contributed by atoms with Gasteiger partial charge in [-0.1, -0.05) is 13.0 Å². The molecule has 2 aromatic carbocycles. The Labute approximate surface area is 201 Å². The second-order valence-electron chi connectivity index (χ2n) is 8.27. The van der Waals surface area contributed by atoms with E-state index >= 15 is 0 Å². The number of piperazine rings is 1. The van der Waals surface area contributed by atoms with Crippen LogP contribution in [-0.4, -0.2) is 54.1 Å². The maximum absolute atomic E-state index is 12.5. The summed E-state index contributed by atoms with van der Waals surface area (Å²) in [7, 11) is 0. The third kappa shape index (κ3) is 7.18. The highest BCUT2D eigenvalue weighted by Gasteiger charge is 2.20. The second kappa shape index (κ2) is 11.7. The Kier molecular flexibility index (Phi) is 8.65. The van der Waals surface area contributed by atoms with E-state index in [1.54, 1.807) is 18.2 Å². The average Bonchev–Trinajstić information content (AvgIpc) is 2.79. The molecule has 0 radical (unpaired) electrons. The van der Waals surface area contributed by atoms with Crippen LogP contribution in [0.5, 0.6) is 5.75 Å². The van der Waals surface area contributed by atoms with Crippen LogP contribution in [0.3, 0.4) is 0 Å². The van der Waals surface area contributed by atoms with Gasteiger partial charge in [0.25, 0.3) is 5.91 Å². The molecule has 1 fully saturated rings. The lowest BCUT2D eigenvalue weighted by Gasteiger charge is -2.36.